The third-order valence-electron chi connectivity index (χ3n) is 2.42. The molecule has 0 fully saturated rings. The van der Waals surface area contributed by atoms with Crippen LogP contribution in [-0.4, -0.2) is 23.9 Å². The first-order valence-electron chi connectivity index (χ1n) is 4.81. The van der Waals surface area contributed by atoms with E-state index >= 15 is 0 Å². The molecule has 20 heavy (non-hydrogen) atoms. The molecule has 0 bridgehead atoms. The molecule has 2 N–H and O–H groups in total. The molecule has 0 atom stereocenters. The van der Waals surface area contributed by atoms with Gasteiger partial charge in [-0.3, -0.25) is 4.79 Å². The summed E-state index contributed by atoms with van der Waals surface area (Å²) < 4.78 is 88.3. The molecule has 0 spiro atoms. The molecule has 0 heterocycles. The first kappa shape index (κ1) is 16.2. The van der Waals surface area contributed by atoms with Crippen LogP contribution in [0.3, 0.4) is 0 Å². The van der Waals surface area contributed by atoms with Crippen LogP contribution >= 0.6 is 0 Å². The fraction of sp³-hybridized carbons (Fsp3) is 0.300. The highest BCUT2D eigenvalue weighted by Crippen LogP contribution is 2.50. The molecule has 112 valence electrons. The fourth-order valence-electron chi connectivity index (χ4n) is 1.41. The van der Waals surface area contributed by atoms with Gasteiger partial charge in [0.1, 0.15) is 5.82 Å². The van der Waals surface area contributed by atoms with E-state index in [2.05, 4.69) is 0 Å². The number of hydrogen-bond donors (Lipinski definition) is 2. The molecule has 3 nitrogen and oxygen atoms in total. The molecule has 0 aliphatic heterocycles. The lowest BCUT2D eigenvalue weighted by Crippen LogP contribution is -2.53. The molecule has 0 saturated heterocycles. The summed E-state index contributed by atoms with van der Waals surface area (Å²) in [4.78, 5) is 10.0. The summed E-state index contributed by atoms with van der Waals surface area (Å²) in [5.74, 6) is -1.55. The zero-order valence-electron chi connectivity index (χ0n) is 9.31. The smallest absolute Gasteiger partial charge is 0.369 e. The number of alkyl halides is 6. The Balaban J connectivity index is 3.45. The maximum Gasteiger partial charge on any atom is 0.430 e. The van der Waals surface area contributed by atoms with E-state index in [4.69, 9.17) is 5.11 Å². The number of carbonyl (C=O) groups is 1. The van der Waals surface area contributed by atoms with Gasteiger partial charge >= 0.3 is 12.4 Å². The summed E-state index contributed by atoms with van der Waals surface area (Å²) in [5, 5.41) is 10.7. The largest absolute Gasteiger partial charge is 0.430 e. The molecular weight excluding hydrogens is 299 g/mol. The number of halogens is 7. The first-order chi connectivity index (χ1) is 8.95. The predicted octanol–water partition coefficient (Wildman–Crippen LogP) is 2.71. The van der Waals surface area contributed by atoms with E-state index in [0.717, 1.165) is 0 Å². The summed E-state index contributed by atoms with van der Waals surface area (Å²) in [6, 6.07) is 0.546. The van der Waals surface area contributed by atoms with Crippen LogP contribution in [0.1, 0.15) is 5.56 Å². The highest BCUT2D eigenvalue weighted by atomic mass is 19.4. The van der Waals surface area contributed by atoms with Crippen LogP contribution in [0.15, 0.2) is 18.2 Å². The monoisotopic (exact) mass is 305 g/mol. The van der Waals surface area contributed by atoms with Crippen molar-refractivity contribution in [1.29, 1.82) is 0 Å². The second-order valence-electron chi connectivity index (χ2n) is 3.66. The van der Waals surface area contributed by atoms with Gasteiger partial charge in [-0.05, 0) is 12.1 Å². The molecule has 1 aromatic rings. The molecule has 1 amide bonds. The quantitative estimate of drug-likeness (QED) is 0.666. The SMILES string of the molecule is O=CNc1ccc(C(O)(C(F)(F)F)C(F)(F)F)cc1F. The van der Waals surface area contributed by atoms with Gasteiger partial charge in [0.05, 0.1) is 5.69 Å². The van der Waals surface area contributed by atoms with Crippen LogP contribution in [0.5, 0.6) is 0 Å². The van der Waals surface area contributed by atoms with Gasteiger partial charge in [0.15, 0.2) is 0 Å². The van der Waals surface area contributed by atoms with E-state index in [0.29, 0.717) is 6.07 Å². The Morgan fingerprint density at radius 2 is 1.55 bits per heavy atom. The van der Waals surface area contributed by atoms with Gasteiger partial charge in [-0.15, -0.1) is 0 Å². The van der Waals surface area contributed by atoms with E-state index in [1.54, 1.807) is 5.32 Å². The Morgan fingerprint density at radius 1 is 1.05 bits per heavy atom. The lowest BCUT2D eigenvalue weighted by molar-refractivity contribution is -0.376. The lowest BCUT2D eigenvalue weighted by Gasteiger charge is -2.32. The fourth-order valence-corrected chi connectivity index (χ4v) is 1.41. The first-order valence-corrected chi connectivity index (χ1v) is 4.81. The molecule has 1 rings (SSSR count). The molecule has 0 aromatic heterocycles. The van der Waals surface area contributed by atoms with Crippen molar-refractivity contribution < 1.29 is 40.6 Å². The molecule has 10 heteroatoms. The number of rotatable bonds is 3. The maximum atomic E-state index is 13.3. The zero-order chi connectivity index (χ0) is 15.8. The van der Waals surface area contributed by atoms with Crippen LogP contribution in [0.25, 0.3) is 0 Å². The lowest BCUT2D eigenvalue weighted by atomic mass is 9.92. The number of aliphatic hydroxyl groups is 1. The number of benzene rings is 1. The minimum absolute atomic E-state index is 0.0161. The van der Waals surface area contributed by atoms with E-state index in [-0.39, 0.29) is 18.5 Å². The van der Waals surface area contributed by atoms with Crippen molar-refractivity contribution in [3.8, 4) is 0 Å². The van der Waals surface area contributed by atoms with Gasteiger partial charge in [0.25, 0.3) is 5.60 Å². The third-order valence-corrected chi connectivity index (χ3v) is 2.42. The minimum atomic E-state index is -6.10. The molecule has 0 radical (unpaired) electrons. The van der Waals surface area contributed by atoms with E-state index in [9.17, 15) is 35.5 Å². The average molecular weight is 305 g/mol. The van der Waals surface area contributed by atoms with Gasteiger partial charge in [-0.25, -0.2) is 4.39 Å². The Hall–Kier alpha value is -1.84. The van der Waals surface area contributed by atoms with E-state index in [1.165, 1.54) is 0 Å². The van der Waals surface area contributed by atoms with Crippen LogP contribution in [0.4, 0.5) is 36.4 Å². The predicted molar refractivity (Wildman–Crippen MR) is 52.1 cm³/mol. The summed E-state index contributed by atoms with van der Waals surface area (Å²) in [6.45, 7) is 0. The number of carbonyl (C=O) groups excluding carboxylic acids is 1. The van der Waals surface area contributed by atoms with Gasteiger partial charge < -0.3 is 10.4 Å². The zero-order valence-corrected chi connectivity index (χ0v) is 9.31. The summed E-state index contributed by atoms with van der Waals surface area (Å²) in [7, 11) is 0. The second kappa shape index (κ2) is 4.93. The Bertz CT molecular complexity index is 495. The summed E-state index contributed by atoms with van der Waals surface area (Å²) in [6.07, 6.45) is -12.2. The maximum absolute atomic E-state index is 13.3. The third kappa shape index (κ3) is 2.55. The molecule has 0 saturated carbocycles. The Kier molecular flexibility index (Phi) is 3.99. The highest BCUT2D eigenvalue weighted by Gasteiger charge is 2.71. The van der Waals surface area contributed by atoms with Crippen molar-refractivity contribution in [2.45, 2.75) is 18.0 Å². The number of nitrogens with one attached hydrogen (secondary N) is 1. The number of amides is 1. The van der Waals surface area contributed by atoms with Crippen molar-refractivity contribution in [1.82, 2.24) is 0 Å². The van der Waals surface area contributed by atoms with Crippen LogP contribution in [-0.2, 0) is 10.4 Å². The Morgan fingerprint density at radius 3 is 1.90 bits per heavy atom. The van der Waals surface area contributed by atoms with Gasteiger partial charge in [-0.2, -0.15) is 26.3 Å². The van der Waals surface area contributed by atoms with Crippen LogP contribution in [0.2, 0.25) is 0 Å². The van der Waals surface area contributed by atoms with E-state index in [1.807, 2.05) is 0 Å². The minimum Gasteiger partial charge on any atom is -0.369 e. The van der Waals surface area contributed by atoms with Gasteiger partial charge in [0.2, 0.25) is 6.41 Å². The highest BCUT2D eigenvalue weighted by molar-refractivity contribution is 5.71. The van der Waals surface area contributed by atoms with Crippen molar-refractivity contribution in [3.05, 3.63) is 29.6 Å². The number of anilines is 1. The standard InChI is InChI=1S/C10H6F7NO2/c11-6-3-5(1-2-7(6)18-4-19)8(20,9(12,13)14)10(15,16)17/h1-4,20H,(H,18,19). The van der Waals surface area contributed by atoms with Crippen molar-refractivity contribution >= 4 is 12.1 Å². The molecule has 0 unspecified atom stereocenters. The number of hydrogen-bond acceptors (Lipinski definition) is 2. The second-order valence-corrected chi connectivity index (χ2v) is 3.66. The van der Waals surface area contributed by atoms with Gasteiger partial charge in [-0.1, -0.05) is 6.07 Å². The molecule has 0 aliphatic carbocycles. The van der Waals surface area contributed by atoms with E-state index < -0.39 is 35.0 Å². The summed E-state index contributed by atoms with van der Waals surface area (Å²) in [5.41, 5.74) is -7.58. The Labute approximate surface area is 107 Å². The average Bonchev–Trinajstić information content (AvgIpc) is 2.28. The van der Waals surface area contributed by atoms with Gasteiger partial charge in [0, 0.05) is 5.56 Å². The molecule has 1 aromatic carbocycles. The van der Waals surface area contributed by atoms with Crippen LogP contribution in [0, 0.1) is 5.82 Å². The normalized spacial score (nSPS) is 13.2. The topological polar surface area (TPSA) is 49.3 Å². The van der Waals surface area contributed by atoms with Crippen LogP contribution < -0.4 is 5.32 Å². The van der Waals surface area contributed by atoms with Crippen molar-refractivity contribution in [2.24, 2.45) is 0 Å². The molecular formula is C10H6F7NO2. The van der Waals surface area contributed by atoms with Crippen molar-refractivity contribution in [2.75, 3.05) is 5.32 Å². The van der Waals surface area contributed by atoms with Crippen molar-refractivity contribution in [3.63, 3.8) is 0 Å². The summed E-state index contributed by atoms with van der Waals surface area (Å²) >= 11 is 0. The molecule has 0 aliphatic rings.